The molecule has 2 aromatic rings. The number of aliphatic hydroxyl groups excluding tert-OH is 1. The predicted octanol–water partition coefficient (Wildman–Crippen LogP) is 3.49. The van der Waals surface area contributed by atoms with Crippen molar-refractivity contribution in [1.29, 1.82) is 0 Å². The van der Waals surface area contributed by atoms with E-state index < -0.39 is 6.10 Å². The lowest BCUT2D eigenvalue weighted by atomic mass is 10.1. The number of aryl methyl sites for hydroxylation is 1. The Morgan fingerprint density at radius 1 is 1.39 bits per heavy atom. The number of rotatable bonds is 4. The average Bonchev–Trinajstić information content (AvgIpc) is 2.81. The first-order valence-electron chi connectivity index (χ1n) is 5.74. The van der Waals surface area contributed by atoms with Crippen LogP contribution in [0.1, 0.15) is 24.4 Å². The summed E-state index contributed by atoms with van der Waals surface area (Å²) < 4.78 is 1.91. The maximum absolute atomic E-state index is 10.2. The molecule has 0 saturated carbocycles. The normalized spacial score (nSPS) is 12.7. The van der Waals surface area contributed by atoms with Crippen LogP contribution in [0.4, 0.5) is 0 Å². The van der Waals surface area contributed by atoms with Crippen molar-refractivity contribution in [2.45, 2.75) is 26.0 Å². The highest BCUT2D eigenvalue weighted by Crippen LogP contribution is 2.25. The van der Waals surface area contributed by atoms with Crippen molar-refractivity contribution < 1.29 is 5.11 Å². The molecule has 1 aromatic heterocycles. The summed E-state index contributed by atoms with van der Waals surface area (Å²) in [5, 5.41) is 11.4. The van der Waals surface area contributed by atoms with E-state index in [2.05, 4.69) is 4.98 Å². The van der Waals surface area contributed by atoms with Gasteiger partial charge in [0.2, 0.25) is 0 Å². The zero-order chi connectivity index (χ0) is 13.1. The van der Waals surface area contributed by atoms with Crippen molar-refractivity contribution in [3.63, 3.8) is 0 Å². The Morgan fingerprint density at radius 2 is 2.17 bits per heavy atom. The van der Waals surface area contributed by atoms with Gasteiger partial charge >= 0.3 is 0 Å². The number of hydrogen-bond donors (Lipinski definition) is 1. The van der Waals surface area contributed by atoms with E-state index in [9.17, 15) is 5.11 Å². The van der Waals surface area contributed by atoms with Crippen molar-refractivity contribution >= 4 is 23.2 Å². The summed E-state index contributed by atoms with van der Waals surface area (Å²) in [5.74, 6) is 0.656. The van der Waals surface area contributed by atoms with Gasteiger partial charge in [-0.05, 0) is 24.6 Å². The molecule has 0 aliphatic carbocycles. The third kappa shape index (κ3) is 2.86. The Kier molecular flexibility index (Phi) is 4.27. The molecule has 1 N–H and O–H groups in total. The first-order valence-corrected chi connectivity index (χ1v) is 6.50. The van der Waals surface area contributed by atoms with Crippen LogP contribution >= 0.6 is 23.2 Å². The minimum atomic E-state index is -0.668. The van der Waals surface area contributed by atoms with E-state index in [-0.39, 0.29) is 0 Å². The molecule has 0 radical (unpaired) electrons. The summed E-state index contributed by atoms with van der Waals surface area (Å²) in [6.07, 6.45) is 3.29. The Balaban J connectivity index is 2.18. The van der Waals surface area contributed by atoms with E-state index >= 15 is 0 Å². The lowest BCUT2D eigenvalue weighted by Gasteiger charge is -2.13. The highest BCUT2D eigenvalue weighted by molar-refractivity contribution is 6.35. The van der Waals surface area contributed by atoms with Gasteiger partial charge < -0.3 is 9.67 Å². The molecule has 0 bridgehead atoms. The van der Waals surface area contributed by atoms with Gasteiger partial charge in [0.15, 0.2) is 0 Å². The van der Waals surface area contributed by atoms with Crippen LogP contribution < -0.4 is 0 Å². The van der Waals surface area contributed by atoms with Crippen LogP contribution in [0, 0.1) is 0 Å². The largest absolute Gasteiger partial charge is 0.385 e. The predicted molar refractivity (Wildman–Crippen MR) is 73.0 cm³/mol. The minimum absolute atomic E-state index is 0.424. The number of benzene rings is 1. The van der Waals surface area contributed by atoms with Crippen molar-refractivity contribution in [3.05, 3.63) is 52.0 Å². The molecule has 0 fully saturated rings. The van der Waals surface area contributed by atoms with E-state index in [1.54, 1.807) is 18.3 Å². The zero-order valence-electron chi connectivity index (χ0n) is 9.98. The van der Waals surface area contributed by atoms with Gasteiger partial charge in [-0.25, -0.2) is 4.98 Å². The molecule has 1 atom stereocenters. The molecule has 0 saturated heterocycles. The second kappa shape index (κ2) is 5.74. The van der Waals surface area contributed by atoms with Crippen molar-refractivity contribution in [3.8, 4) is 0 Å². The van der Waals surface area contributed by atoms with Crippen LogP contribution in [0.2, 0.25) is 10.0 Å². The summed E-state index contributed by atoms with van der Waals surface area (Å²) in [7, 11) is 0. The molecule has 5 heteroatoms. The van der Waals surface area contributed by atoms with E-state index in [4.69, 9.17) is 23.2 Å². The Labute approximate surface area is 116 Å². The first kappa shape index (κ1) is 13.4. The van der Waals surface area contributed by atoms with Gasteiger partial charge in [-0.15, -0.1) is 0 Å². The monoisotopic (exact) mass is 284 g/mol. The molecular formula is C13H14Cl2N2O. The second-order valence-corrected chi connectivity index (χ2v) is 4.87. The summed E-state index contributed by atoms with van der Waals surface area (Å²) in [5.41, 5.74) is 0.860. The topological polar surface area (TPSA) is 38.0 Å². The maximum Gasteiger partial charge on any atom is 0.137 e. The standard InChI is InChI=1S/C13H14Cl2N2O/c1-2-17-6-5-16-13(17)12(18)7-9-3-4-10(14)8-11(9)15/h3-6,8,12,18H,2,7H2,1H3. The SMILES string of the molecule is CCn1ccnc1C(O)Cc1ccc(Cl)cc1Cl. The molecule has 1 heterocycles. The number of nitrogens with zero attached hydrogens (tertiary/aromatic N) is 2. The Hall–Kier alpha value is -1.03. The molecule has 0 amide bonds. The molecule has 0 aliphatic rings. The van der Waals surface area contributed by atoms with Crippen LogP contribution in [-0.4, -0.2) is 14.7 Å². The maximum atomic E-state index is 10.2. The summed E-state index contributed by atoms with van der Waals surface area (Å²) >= 11 is 11.9. The molecule has 0 spiro atoms. The molecule has 18 heavy (non-hydrogen) atoms. The molecule has 1 unspecified atom stereocenters. The summed E-state index contributed by atoms with van der Waals surface area (Å²) in [6.45, 7) is 2.79. The van der Waals surface area contributed by atoms with Crippen LogP contribution in [0.5, 0.6) is 0 Å². The van der Waals surface area contributed by atoms with Crippen molar-refractivity contribution in [1.82, 2.24) is 9.55 Å². The fourth-order valence-electron chi connectivity index (χ4n) is 1.87. The molecule has 3 nitrogen and oxygen atoms in total. The van der Waals surface area contributed by atoms with Gasteiger partial charge in [-0.1, -0.05) is 29.3 Å². The van der Waals surface area contributed by atoms with E-state index in [0.29, 0.717) is 22.3 Å². The van der Waals surface area contributed by atoms with Gasteiger partial charge in [0.25, 0.3) is 0 Å². The number of imidazole rings is 1. The number of hydrogen-bond acceptors (Lipinski definition) is 2. The Bertz CT molecular complexity index is 540. The summed E-state index contributed by atoms with van der Waals surface area (Å²) in [6, 6.07) is 5.27. The number of aliphatic hydroxyl groups is 1. The zero-order valence-corrected chi connectivity index (χ0v) is 11.5. The van der Waals surface area contributed by atoms with Crippen molar-refractivity contribution in [2.24, 2.45) is 0 Å². The van der Waals surface area contributed by atoms with Gasteiger partial charge in [0, 0.05) is 35.4 Å². The van der Waals surface area contributed by atoms with Gasteiger partial charge in [-0.2, -0.15) is 0 Å². The molecule has 0 aliphatic heterocycles. The van der Waals surface area contributed by atoms with Crippen molar-refractivity contribution in [2.75, 3.05) is 0 Å². The minimum Gasteiger partial charge on any atom is -0.385 e. The van der Waals surface area contributed by atoms with E-state index in [1.165, 1.54) is 0 Å². The average molecular weight is 285 g/mol. The van der Waals surface area contributed by atoms with E-state index in [0.717, 1.165) is 12.1 Å². The Morgan fingerprint density at radius 3 is 2.83 bits per heavy atom. The third-order valence-corrected chi connectivity index (χ3v) is 3.40. The van der Waals surface area contributed by atoms with E-state index in [1.807, 2.05) is 23.8 Å². The fourth-order valence-corrected chi connectivity index (χ4v) is 2.36. The van der Waals surface area contributed by atoms with Crippen LogP contribution in [0.3, 0.4) is 0 Å². The molecule has 96 valence electrons. The molecule has 1 aromatic carbocycles. The number of aromatic nitrogens is 2. The quantitative estimate of drug-likeness (QED) is 0.933. The highest BCUT2D eigenvalue weighted by atomic mass is 35.5. The van der Waals surface area contributed by atoms with Crippen LogP contribution in [0.25, 0.3) is 0 Å². The summed E-state index contributed by atoms with van der Waals surface area (Å²) in [4.78, 5) is 4.17. The highest BCUT2D eigenvalue weighted by Gasteiger charge is 2.15. The fraction of sp³-hybridized carbons (Fsp3) is 0.308. The lowest BCUT2D eigenvalue weighted by Crippen LogP contribution is -2.10. The van der Waals surface area contributed by atoms with Gasteiger partial charge in [-0.3, -0.25) is 0 Å². The lowest BCUT2D eigenvalue weighted by molar-refractivity contribution is 0.164. The molecule has 2 rings (SSSR count). The van der Waals surface area contributed by atoms with Crippen LogP contribution in [-0.2, 0) is 13.0 Å². The van der Waals surface area contributed by atoms with Gasteiger partial charge in [0.05, 0.1) is 0 Å². The van der Waals surface area contributed by atoms with Crippen LogP contribution in [0.15, 0.2) is 30.6 Å². The van der Waals surface area contributed by atoms with Gasteiger partial charge in [0.1, 0.15) is 11.9 Å². The second-order valence-electron chi connectivity index (χ2n) is 4.03. The third-order valence-electron chi connectivity index (χ3n) is 2.81. The molecular weight excluding hydrogens is 271 g/mol. The smallest absolute Gasteiger partial charge is 0.137 e. The first-order chi connectivity index (χ1) is 8.61. The number of halogens is 2.